The van der Waals surface area contributed by atoms with E-state index in [9.17, 15) is 0 Å². The van der Waals surface area contributed by atoms with E-state index in [0.29, 0.717) is 11.7 Å². The quantitative estimate of drug-likeness (QED) is 0.762. The van der Waals surface area contributed by atoms with Gasteiger partial charge in [-0.3, -0.25) is 0 Å². The van der Waals surface area contributed by atoms with Crippen molar-refractivity contribution in [3.63, 3.8) is 0 Å². The van der Waals surface area contributed by atoms with Crippen molar-refractivity contribution in [3.05, 3.63) is 46.3 Å². The number of rotatable bonds is 2. The first-order valence-corrected chi connectivity index (χ1v) is 6.26. The number of hydrogen-bond acceptors (Lipinski definition) is 4. The number of H-pyrrole nitrogens is 1. The molecule has 0 saturated heterocycles. The van der Waals surface area contributed by atoms with E-state index in [1.165, 1.54) is 0 Å². The van der Waals surface area contributed by atoms with Crippen LogP contribution in [0.25, 0.3) is 11.1 Å². The van der Waals surface area contributed by atoms with Gasteiger partial charge in [0.1, 0.15) is 15.9 Å². The highest BCUT2D eigenvalue weighted by atomic mass is 79.9. The van der Waals surface area contributed by atoms with E-state index in [0.717, 1.165) is 21.3 Å². The van der Waals surface area contributed by atoms with E-state index in [4.69, 9.17) is 10.2 Å². The van der Waals surface area contributed by atoms with Gasteiger partial charge in [0.2, 0.25) is 0 Å². The Bertz CT molecular complexity index is 703. The van der Waals surface area contributed by atoms with Gasteiger partial charge in [0.15, 0.2) is 11.5 Å². The number of benzene rings is 1. The fraction of sp³-hybridized carbons (Fsp3) is 0.167. The number of aromatic nitrogens is 3. The van der Waals surface area contributed by atoms with Gasteiger partial charge in [0, 0.05) is 6.92 Å². The van der Waals surface area contributed by atoms with Crippen LogP contribution in [0, 0.1) is 6.92 Å². The lowest BCUT2D eigenvalue weighted by atomic mass is 10.1. The number of nitrogens with one attached hydrogen (secondary N) is 1. The molecule has 1 aromatic carbocycles. The smallest absolute Gasteiger partial charge is 0.192 e. The minimum absolute atomic E-state index is 0.314. The molecule has 0 aliphatic heterocycles. The molecule has 0 radical (unpaired) electrons. The van der Waals surface area contributed by atoms with E-state index in [1.807, 2.05) is 25.1 Å². The molecule has 2 heterocycles. The van der Waals surface area contributed by atoms with Crippen LogP contribution in [-0.4, -0.2) is 15.0 Å². The van der Waals surface area contributed by atoms with Crippen molar-refractivity contribution in [2.24, 2.45) is 5.73 Å². The Morgan fingerprint density at radius 3 is 3.00 bits per heavy atom. The summed E-state index contributed by atoms with van der Waals surface area (Å²) in [5.41, 5.74) is 8.66. The molecule has 2 aromatic heterocycles. The molecule has 1 unspecified atom stereocenters. The van der Waals surface area contributed by atoms with Crippen molar-refractivity contribution >= 4 is 27.0 Å². The second kappa shape index (κ2) is 4.22. The molecule has 0 bridgehead atoms. The zero-order valence-electron chi connectivity index (χ0n) is 9.64. The van der Waals surface area contributed by atoms with Gasteiger partial charge in [-0.1, -0.05) is 6.07 Å². The molecule has 0 aliphatic rings. The summed E-state index contributed by atoms with van der Waals surface area (Å²) in [5.74, 6) is 1.36. The number of halogens is 1. The minimum Gasteiger partial charge on any atom is -0.441 e. The van der Waals surface area contributed by atoms with Crippen LogP contribution in [0.15, 0.2) is 33.4 Å². The van der Waals surface area contributed by atoms with Crippen LogP contribution < -0.4 is 5.73 Å². The van der Waals surface area contributed by atoms with Crippen molar-refractivity contribution < 1.29 is 4.42 Å². The number of hydrogen-bond donors (Lipinski definition) is 2. The molecule has 0 fully saturated rings. The van der Waals surface area contributed by atoms with Crippen LogP contribution in [0.1, 0.15) is 23.3 Å². The van der Waals surface area contributed by atoms with Gasteiger partial charge in [-0.15, -0.1) is 0 Å². The Labute approximate surface area is 112 Å². The second-order valence-electron chi connectivity index (χ2n) is 4.05. The van der Waals surface area contributed by atoms with E-state index in [1.54, 1.807) is 6.20 Å². The second-order valence-corrected chi connectivity index (χ2v) is 4.91. The number of oxazole rings is 1. The Morgan fingerprint density at radius 1 is 1.44 bits per heavy atom. The number of nitrogens with zero attached hydrogens (tertiary/aromatic N) is 2. The lowest BCUT2D eigenvalue weighted by Gasteiger charge is -2.08. The number of aromatic amines is 1. The highest BCUT2D eigenvalue weighted by Gasteiger charge is 2.14. The highest BCUT2D eigenvalue weighted by Crippen LogP contribution is 2.23. The van der Waals surface area contributed by atoms with Gasteiger partial charge in [-0.05, 0) is 33.6 Å². The van der Waals surface area contributed by atoms with Gasteiger partial charge in [0.05, 0.1) is 12.2 Å². The summed E-state index contributed by atoms with van der Waals surface area (Å²) < 4.78 is 6.30. The van der Waals surface area contributed by atoms with Crippen molar-refractivity contribution in [1.82, 2.24) is 15.0 Å². The molecule has 3 N–H and O–H groups in total. The van der Waals surface area contributed by atoms with Crippen LogP contribution in [-0.2, 0) is 0 Å². The Hall–Kier alpha value is -1.66. The van der Waals surface area contributed by atoms with Gasteiger partial charge >= 0.3 is 0 Å². The molecule has 0 aliphatic carbocycles. The first kappa shape index (κ1) is 11.4. The van der Waals surface area contributed by atoms with E-state index in [-0.39, 0.29) is 6.04 Å². The fourth-order valence-corrected chi connectivity index (χ4v) is 2.18. The molecular weight excluding hydrogens is 296 g/mol. The summed E-state index contributed by atoms with van der Waals surface area (Å²) in [6.07, 6.45) is 1.69. The molecule has 0 spiro atoms. The fourth-order valence-electron chi connectivity index (χ4n) is 1.88. The van der Waals surface area contributed by atoms with Gasteiger partial charge in [-0.25, -0.2) is 9.97 Å². The molecule has 3 aromatic rings. The van der Waals surface area contributed by atoms with Crippen LogP contribution in [0.3, 0.4) is 0 Å². The number of fused-ring (bicyclic) bond motifs is 1. The molecule has 6 heteroatoms. The summed E-state index contributed by atoms with van der Waals surface area (Å²) in [6.45, 7) is 1.82. The van der Waals surface area contributed by atoms with Crippen LogP contribution >= 0.6 is 15.9 Å². The third-order valence-electron chi connectivity index (χ3n) is 2.74. The molecular formula is C12H11BrN4O. The SMILES string of the molecule is Cc1nc2ccc(C(N)c3ncc(Br)[nH]3)cc2o1. The molecule has 18 heavy (non-hydrogen) atoms. The van der Waals surface area contributed by atoms with Crippen molar-refractivity contribution in [3.8, 4) is 0 Å². The van der Waals surface area contributed by atoms with Crippen LogP contribution in [0.5, 0.6) is 0 Å². The summed E-state index contributed by atoms with van der Waals surface area (Å²) >= 11 is 3.31. The van der Waals surface area contributed by atoms with Crippen molar-refractivity contribution in [2.75, 3.05) is 0 Å². The first-order valence-electron chi connectivity index (χ1n) is 5.46. The lowest BCUT2D eigenvalue weighted by Crippen LogP contribution is -2.13. The van der Waals surface area contributed by atoms with Crippen molar-refractivity contribution in [1.29, 1.82) is 0 Å². The summed E-state index contributed by atoms with van der Waals surface area (Å²) in [6, 6.07) is 5.42. The number of aryl methyl sites for hydroxylation is 1. The van der Waals surface area contributed by atoms with Crippen LogP contribution in [0.2, 0.25) is 0 Å². The summed E-state index contributed by atoms with van der Waals surface area (Å²) in [5, 5.41) is 0. The first-order chi connectivity index (χ1) is 8.63. The molecule has 5 nitrogen and oxygen atoms in total. The summed E-state index contributed by atoms with van der Waals surface area (Å²) in [7, 11) is 0. The third kappa shape index (κ3) is 1.93. The molecule has 1 atom stereocenters. The zero-order chi connectivity index (χ0) is 12.7. The zero-order valence-corrected chi connectivity index (χ0v) is 11.2. The number of imidazole rings is 1. The molecule has 0 saturated carbocycles. The predicted molar refractivity (Wildman–Crippen MR) is 71.1 cm³/mol. The third-order valence-corrected chi connectivity index (χ3v) is 3.14. The lowest BCUT2D eigenvalue weighted by molar-refractivity contribution is 0.560. The van der Waals surface area contributed by atoms with E-state index < -0.39 is 0 Å². The summed E-state index contributed by atoms with van der Waals surface area (Å²) in [4.78, 5) is 11.5. The maximum atomic E-state index is 6.15. The molecule has 0 amide bonds. The highest BCUT2D eigenvalue weighted by molar-refractivity contribution is 9.10. The van der Waals surface area contributed by atoms with Crippen LogP contribution in [0.4, 0.5) is 0 Å². The van der Waals surface area contributed by atoms with Gasteiger partial charge in [-0.2, -0.15) is 0 Å². The average molecular weight is 307 g/mol. The number of nitrogens with two attached hydrogens (primary N) is 1. The minimum atomic E-state index is -0.314. The van der Waals surface area contributed by atoms with Gasteiger partial charge < -0.3 is 15.1 Å². The maximum absolute atomic E-state index is 6.15. The average Bonchev–Trinajstić information content (AvgIpc) is 2.92. The van der Waals surface area contributed by atoms with Gasteiger partial charge in [0.25, 0.3) is 0 Å². The Morgan fingerprint density at radius 2 is 2.28 bits per heavy atom. The Kier molecular flexibility index (Phi) is 2.68. The van der Waals surface area contributed by atoms with E-state index >= 15 is 0 Å². The molecule has 3 rings (SSSR count). The predicted octanol–water partition coefficient (Wildman–Crippen LogP) is 2.67. The van der Waals surface area contributed by atoms with E-state index in [2.05, 4.69) is 30.9 Å². The maximum Gasteiger partial charge on any atom is 0.192 e. The largest absolute Gasteiger partial charge is 0.441 e. The standard InChI is InChI=1S/C12H11BrN4O/c1-6-16-8-3-2-7(4-9(8)18-6)11(14)12-15-5-10(13)17-12/h2-5,11H,14H2,1H3,(H,15,17). The monoisotopic (exact) mass is 306 g/mol. The molecule has 92 valence electrons. The van der Waals surface area contributed by atoms with Crippen molar-refractivity contribution in [2.45, 2.75) is 13.0 Å². The normalized spacial score (nSPS) is 13.1. The topological polar surface area (TPSA) is 80.7 Å². The Balaban J connectivity index is 2.03.